The van der Waals surface area contributed by atoms with Gasteiger partial charge in [-0.1, -0.05) is 19.3 Å². The Labute approximate surface area is 177 Å². The molecule has 1 unspecified atom stereocenters. The van der Waals surface area contributed by atoms with E-state index in [0.29, 0.717) is 36.1 Å². The minimum absolute atomic E-state index is 0.0504. The van der Waals surface area contributed by atoms with Crippen molar-refractivity contribution in [3.8, 4) is 0 Å². The topological polar surface area (TPSA) is 124 Å². The Kier molecular flexibility index (Phi) is 6.31. The number of aromatic nitrogens is 1. The van der Waals surface area contributed by atoms with Gasteiger partial charge in [0.05, 0.1) is 22.9 Å². The Hall–Kier alpha value is -2.49. The van der Waals surface area contributed by atoms with Crippen molar-refractivity contribution in [1.82, 2.24) is 9.29 Å². The third-order valence-electron chi connectivity index (χ3n) is 5.59. The molecule has 1 aliphatic heterocycles. The second-order valence-corrected chi connectivity index (χ2v) is 9.15. The van der Waals surface area contributed by atoms with Crippen LogP contribution in [0.3, 0.4) is 0 Å². The van der Waals surface area contributed by atoms with Gasteiger partial charge in [-0.25, -0.2) is 13.5 Å². The van der Waals surface area contributed by atoms with Gasteiger partial charge in [0.2, 0.25) is 0 Å². The van der Waals surface area contributed by atoms with E-state index in [4.69, 9.17) is 10.8 Å². The van der Waals surface area contributed by atoms with Gasteiger partial charge in [-0.3, -0.25) is 4.79 Å². The predicted octanol–water partition coefficient (Wildman–Crippen LogP) is 1.99. The number of nitrogens with zero attached hydrogens (tertiary/aromatic N) is 2. The number of rotatable bonds is 6. The Balaban J connectivity index is 1.61. The monoisotopic (exact) mass is 429 g/mol. The second-order valence-electron chi connectivity index (χ2n) is 7.70. The number of nitrogens with two attached hydrogens (primary N) is 1. The zero-order valence-electron chi connectivity index (χ0n) is 16.8. The number of fused-ring (bicyclic) bond motifs is 1. The van der Waals surface area contributed by atoms with Crippen LogP contribution in [-0.4, -0.2) is 43.6 Å². The normalized spacial score (nSPS) is 20.3. The maximum Gasteiger partial charge on any atom is 0.261 e. The Morgan fingerprint density at radius 2 is 2.10 bits per heavy atom. The van der Waals surface area contributed by atoms with Crippen molar-refractivity contribution in [2.75, 3.05) is 18.5 Å². The van der Waals surface area contributed by atoms with Crippen LogP contribution in [0.1, 0.15) is 43.2 Å². The number of aliphatic hydroxyl groups is 1. The summed E-state index contributed by atoms with van der Waals surface area (Å²) in [6.07, 6.45) is 7.39. The lowest BCUT2D eigenvalue weighted by Gasteiger charge is -2.24. The van der Waals surface area contributed by atoms with Crippen LogP contribution < -0.4 is 16.6 Å². The van der Waals surface area contributed by atoms with Crippen molar-refractivity contribution in [3.05, 3.63) is 51.9 Å². The molecule has 160 valence electrons. The summed E-state index contributed by atoms with van der Waals surface area (Å²) in [5.74, 6) is 0.140. The molecule has 1 atom stereocenters. The number of aliphatic hydroxyl groups excluding tert-OH is 1. The van der Waals surface area contributed by atoms with Gasteiger partial charge in [-0.05, 0) is 42.7 Å². The summed E-state index contributed by atoms with van der Waals surface area (Å²) >= 11 is 0. The van der Waals surface area contributed by atoms with Gasteiger partial charge >= 0.3 is 0 Å². The van der Waals surface area contributed by atoms with Crippen LogP contribution in [0.15, 0.2) is 45.1 Å². The van der Waals surface area contributed by atoms with Crippen molar-refractivity contribution in [2.24, 2.45) is 10.7 Å². The molecule has 8 nitrogen and oxygen atoms in total. The molecule has 1 aromatic heterocycles. The van der Waals surface area contributed by atoms with Crippen LogP contribution in [-0.2, 0) is 17.5 Å². The number of aromatic amines is 1. The van der Waals surface area contributed by atoms with E-state index in [2.05, 4.69) is 15.3 Å². The SMILES string of the molecule is NC(=Nc1ccc2c(c1)CN(CCO)S2=O)c1c(NC2CCCCC2)cc[nH]c1=O. The summed E-state index contributed by atoms with van der Waals surface area (Å²) in [5, 5.41) is 12.6. The van der Waals surface area contributed by atoms with Gasteiger partial charge in [0, 0.05) is 25.3 Å². The number of H-pyrrole nitrogens is 1. The number of nitrogens with one attached hydrogen (secondary N) is 2. The quantitative estimate of drug-likeness (QED) is 0.413. The average Bonchev–Trinajstić information content (AvgIpc) is 3.04. The van der Waals surface area contributed by atoms with Gasteiger partial charge in [-0.2, -0.15) is 0 Å². The number of hydrogen-bond acceptors (Lipinski definition) is 5. The molecule has 9 heteroatoms. The van der Waals surface area contributed by atoms with E-state index in [1.165, 1.54) is 19.3 Å². The summed E-state index contributed by atoms with van der Waals surface area (Å²) in [6.45, 7) is 0.773. The third-order valence-corrected chi connectivity index (χ3v) is 7.15. The van der Waals surface area contributed by atoms with Crippen LogP contribution in [0.5, 0.6) is 0 Å². The molecule has 2 heterocycles. The smallest absolute Gasteiger partial charge is 0.261 e. The zero-order valence-corrected chi connectivity index (χ0v) is 17.6. The number of pyridine rings is 1. The van der Waals surface area contributed by atoms with Crippen LogP contribution in [0.25, 0.3) is 0 Å². The molecule has 1 aromatic carbocycles. The highest BCUT2D eigenvalue weighted by molar-refractivity contribution is 7.83. The Morgan fingerprint density at radius 3 is 2.87 bits per heavy atom. The second kappa shape index (κ2) is 9.11. The van der Waals surface area contributed by atoms with E-state index in [1.54, 1.807) is 22.6 Å². The predicted molar refractivity (Wildman–Crippen MR) is 118 cm³/mol. The molecule has 2 aliphatic rings. The van der Waals surface area contributed by atoms with Gasteiger partial charge in [0.25, 0.3) is 5.56 Å². The minimum Gasteiger partial charge on any atom is -0.395 e. The fourth-order valence-corrected chi connectivity index (χ4v) is 5.42. The molecule has 0 bridgehead atoms. The fourth-order valence-electron chi connectivity index (χ4n) is 4.11. The molecule has 2 aromatic rings. The van der Waals surface area contributed by atoms with Crippen molar-refractivity contribution >= 4 is 28.2 Å². The first-order valence-corrected chi connectivity index (χ1v) is 11.4. The molecular weight excluding hydrogens is 402 g/mol. The number of amidine groups is 1. The first-order valence-electron chi connectivity index (χ1n) is 10.3. The molecule has 1 fully saturated rings. The lowest BCUT2D eigenvalue weighted by molar-refractivity contribution is 0.258. The zero-order chi connectivity index (χ0) is 21.1. The standard InChI is InChI=1S/C21H27N5O3S/c22-20(19-17(8-9-23-21(19)28)24-15-4-2-1-3-5-15)25-16-6-7-18-14(12-16)13-26(10-11-27)30(18)29/h6-9,12,15,27H,1-5,10-11,13H2,(H2,22,25)(H2,23,24,28). The van der Waals surface area contributed by atoms with E-state index < -0.39 is 11.0 Å². The molecule has 1 saturated carbocycles. The van der Waals surface area contributed by atoms with Gasteiger partial charge in [-0.15, -0.1) is 0 Å². The summed E-state index contributed by atoms with van der Waals surface area (Å²) in [7, 11) is -1.28. The van der Waals surface area contributed by atoms with E-state index in [1.807, 2.05) is 12.1 Å². The van der Waals surface area contributed by atoms with Gasteiger partial charge < -0.3 is 21.1 Å². The van der Waals surface area contributed by atoms with Crippen molar-refractivity contribution < 1.29 is 9.32 Å². The highest BCUT2D eigenvalue weighted by Gasteiger charge is 2.26. The minimum atomic E-state index is -1.28. The molecule has 5 N–H and O–H groups in total. The Bertz CT molecular complexity index is 1030. The maximum absolute atomic E-state index is 12.5. The number of anilines is 1. The molecule has 4 rings (SSSR count). The largest absolute Gasteiger partial charge is 0.395 e. The van der Waals surface area contributed by atoms with Crippen molar-refractivity contribution in [1.29, 1.82) is 0 Å². The lowest BCUT2D eigenvalue weighted by Crippen LogP contribution is -2.29. The summed E-state index contributed by atoms with van der Waals surface area (Å²) in [4.78, 5) is 20.4. The molecular formula is C21H27N5O3S. The van der Waals surface area contributed by atoms with E-state index >= 15 is 0 Å². The molecule has 1 aliphatic carbocycles. The van der Waals surface area contributed by atoms with E-state index in [9.17, 15) is 9.00 Å². The Morgan fingerprint density at radius 1 is 1.30 bits per heavy atom. The van der Waals surface area contributed by atoms with Gasteiger partial charge in [0.15, 0.2) is 0 Å². The summed E-state index contributed by atoms with van der Waals surface area (Å²) < 4.78 is 14.1. The first kappa shape index (κ1) is 20.8. The number of benzene rings is 1. The summed E-state index contributed by atoms with van der Waals surface area (Å²) in [5.41, 5.74) is 8.51. The van der Waals surface area contributed by atoms with Crippen LogP contribution in [0.2, 0.25) is 0 Å². The summed E-state index contributed by atoms with van der Waals surface area (Å²) in [6, 6.07) is 7.51. The third kappa shape index (κ3) is 4.33. The lowest BCUT2D eigenvalue weighted by atomic mass is 9.95. The van der Waals surface area contributed by atoms with Crippen LogP contribution in [0, 0.1) is 0 Å². The highest BCUT2D eigenvalue weighted by Crippen LogP contribution is 2.30. The molecule has 0 spiro atoms. The number of β-amino-alcohol motifs (C(OH)–C–C–N with tert-alkyl or cyclic N) is 1. The van der Waals surface area contributed by atoms with Crippen molar-refractivity contribution in [3.63, 3.8) is 0 Å². The van der Waals surface area contributed by atoms with Crippen LogP contribution >= 0.6 is 0 Å². The van der Waals surface area contributed by atoms with Gasteiger partial charge in [0.1, 0.15) is 22.4 Å². The molecule has 0 radical (unpaired) electrons. The van der Waals surface area contributed by atoms with Crippen molar-refractivity contribution in [2.45, 2.75) is 49.6 Å². The highest BCUT2D eigenvalue weighted by atomic mass is 32.2. The van der Waals surface area contributed by atoms with Crippen LogP contribution in [0.4, 0.5) is 11.4 Å². The van der Waals surface area contributed by atoms with E-state index in [0.717, 1.165) is 23.3 Å². The molecule has 30 heavy (non-hydrogen) atoms. The fraction of sp³-hybridized carbons (Fsp3) is 0.429. The average molecular weight is 430 g/mol. The number of hydrogen-bond donors (Lipinski definition) is 4. The molecule has 0 saturated heterocycles. The number of aliphatic imine (C=N–C) groups is 1. The first-order chi connectivity index (χ1) is 14.6. The molecule has 0 amide bonds. The maximum atomic E-state index is 12.5. The van der Waals surface area contributed by atoms with E-state index in [-0.39, 0.29) is 18.0 Å².